The first kappa shape index (κ1) is 17.2. The molecule has 0 unspecified atom stereocenters. The smallest absolute Gasteiger partial charge is 0.350 e. The quantitative estimate of drug-likeness (QED) is 0.897. The lowest BCUT2D eigenvalue weighted by Gasteiger charge is -2.21. The van der Waals surface area contributed by atoms with Crippen molar-refractivity contribution in [3.63, 3.8) is 0 Å². The minimum Gasteiger partial charge on any atom is -0.350 e. The summed E-state index contributed by atoms with van der Waals surface area (Å²) >= 11 is 5.87. The van der Waals surface area contributed by atoms with Crippen molar-refractivity contribution in [3.8, 4) is 0 Å². The topological polar surface area (TPSA) is 89.2 Å². The number of rotatable bonds is 3. The molecule has 25 heavy (non-hydrogen) atoms. The van der Waals surface area contributed by atoms with Gasteiger partial charge in [-0.3, -0.25) is 9.69 Å². The van der Waals surface area contributed by atoms with Crippen LogP contribution in [0.15, 0.2) is 29.1 Å². The second-order valence-electron chi connectivity index (χ2n) is 6.82. The molecule has 0 bridgehead atoms. The number of aromatic nitrogens is 3. The number of anilines is 1. The fourth-order valence-corrected chi connectivity index (χ4v) is 2.76. The van der Waals surface area contributed by atoms with Crippen LogP contribution in [0.5, 0.6) is 0 Å². The summed E-state index contributed by atoms with van der Waals surface area (Å²) in [5.74, 6) is -0.0662. The number of halogens is 1. The standard InChI is InChI=1S/C16H18ClN5O3/c1-16(2,3)19-13(23)9-21-14(24)18-12-8-20(15(25)22(12)21)11-6-4-10(17)5-7-11/h4-7H,8-9H2,1-3H3,(H,19,23). The van der Waals surface area contributed by atoms with E-state index in [4.69, 9.17) is 11.6 Å². The van der Waals surface area contributed by atoms with E-state index in [-0.39, 0.29) is 19.0 Å². The van der Waals surface area contributed by atoms with Crippen molar-refractivity contribution in [3.05, 3.63) is 45.6 Å². The van der Waals surface area contributed by atoms with E-state index < -0.39 is 17.3 Å². The molecule has 0 spiro atoms. The normalized spacial score (nSPS) is 13.9. The Kier molecular flexibility index (Phi) is 4.16. The van der Waals surface area contributed by atoms with Gasteiger partial charge in [-0.15, -0.1) is 0 Å². The molecule has 1 aromatic heterocycles. The van der Waals surface area contributed by atoms with Crippen molar-refractivity contribution >= 4 is 29.2 Å². The Morgan fingerprint density at radius 3 is 2.48 bits per heavy atom. The maximum Gasteiger partial charge on any atom is 0.365 e. The number of nitrogens with one attached hydrogen (secondary N) is 1. The van der Waals surface area contributed by atoms with Gasteiger partial charge in [-0.05, 0) is 45.0 Å². The van der Waals surface area contributed by atoms with Crippen LogP contribution in [0, 0.1) is 0 Å². The average Bonchev–Trinajstić information content (AvgIpc) is 2.96. The molecule has 0 fully saturated rings. The van der Waals surface area contributed by atoms with E-state index in [1.54, 1.807) is 24.3 Å². The van der Waals surface area contributed by atoms with Crippen LogP contribution in [0.25, 0.3) is 0 Å². The molecule has 2 aromatic rings. The molecule has 0 radical (unpaired) electrons. The number of benzene rings is 1. The molecule has 0 atom stereocenters. The van der Waals surface area contributed by atoms with Gasteiger partial charge >= 0.3 is 11.7 Å². The Balaban J connectivity index is 1.87. The summed E-state index contributed by atoms with van der Waals surface area (Å²) in [6, 6.07) is 6.34. The number of amides is 2. The molecule has 1 aliphatic heterocycles. The lowest BCUT2D eigenvalue weighted by atomic mass is 10.1. The molecular formula is C16H18ClN5O3. The summed E-state index contributed by atoms with van der Waals surface area (Å²) < 4.78 is 2.20. The van der Waals surface area contributed by atoms with Gasteiger partial charge in [0.1, 0.15) is 6.54 Å². The second kappa shape index (κ2) is 6.03. The summed E-state index contributed by atoms with van der Waals surface area (Å²) in [5, 5.41) is 3.32. The van der Waals surface area contributed by atoms with Crippen molar-refractivity contribution in [2.24, 2.45) is 0 Å². The van der Waals surface area contributed by atoms with E-state index >= 15 is 0 Å². The van der Waals surface area contributed by atoms with Gasteiger partial charge in [-0.2, -0.15) is 9.67 Å². The summed E-state index contributed by atoms with van der Waals surface area (Å²) in [6.07, 6.45) is 0. The number of hydrogen-bond donors (Lipinski definition) is 1. The summed E-state index contributed by atoms with van der Waals surface area (Å²) in [5.41, 5.74) is -0.422. The van der Waals surface area contributed by atoms with Crippen LogP contribution in [0.3, 0.4) is 0 Å². The van der Waals surface area contributed by atoms with E-state index in [1.807, 2.05) is 20.8 Å². The number of carbonyl (C=O) groups excluding carboxylic acids is 2. The molecule has 2 amide bonds. The molecule has 0 saturated heterocycles. The molecule has 1 aromatic carbocycles. The number of hydrogen-bond acceptors (Lipinski definition) is 4. The molecule has 0 aliphatic carbocycles. The first-order chi connectivity index (χ1) is 11.7. The first-order valence-corrected chi connectivity index (χ1v) is 8.11. The van der Waals surface area contributed by atoms with E-state index in [1.165, 1.54) is 4.90 Å². The monoisotopic (exact) mass is 363 g/mol. The highest BCUT2D eigenvalue weighted by Crippen LogP contribution is 2.24. The molecule has 9 heteroatoms. The molecule has 0 saturated carbocycles. The van der Waals surface area contributed by atoms with Gasteiger partial charge in [0, 0.05) is 16.2 Å². The number of fused-ring (bicyclic) bond motifs is 1. The Hall–Kier alpha value is -2.61. The van der Waals surface area contributed by atoms with Gasteiger partial charge in [0.25, 0.3) is 0 Å². The van der Waals surface area contributed by atoms with Crippen LogP contribution < -0.4 is 15.9 Å². The zero-order chi connectivity index (χ0) is 18.4. The first-order valence-electron chi connectivity index (χ1n) is 7.73. The van der Waals surface area contributed by atoms with Gasteiger partial charge in [0.05, 0.1) is 6.54 Å². The third-order valence-electron chi connectivity index (χ3n) is 3.59. The maximum atomic E-state index is 12.7. The minimum atomic E-state index is -0.622. The van der Waals surface area contributed by atoms with Gasteiger partial charge in [-0.1, -0.05) is 11.6 Å². The predicted octanol–water partition coefficient (Wildman–Crippen LogP) is 1.60. The van der Waals surface area contributed by atoms with Crippen molar-refractivity contribution in [2.75, 3.05) is 4.90 Å². The molecule has 1 aliphatic rings. The molecular weight excluding hydrogens is 346 g/mol. The zero-order valence-electron chi connectivity index (χ0n) is 14.1. The highest BCUT2D eigenvalue weighted by atomic mass is 35.5. The van der Waals surface area contributed by atoms with E-state index in [2.05, 4.69) is 10.3 Å². The van der Waals surface area contributed by atoms with Gasteiger partial charge in [-0.25, -0.2) is 14.3 Å². The van der Waals surface area contributed by atoms with Crippen LogP contribution in [0.2, 0.25) is 5.02 Å². The van der Waals surface area contributed by atoms with Crippen LogP contribution in [-0.2, 0) is 17.9 Å². The number of nitrogens with zero attached hydrogens (tertiary/aromatic N) is 4. The van der Waals surface area contributed by atoms with Crippen molar-refractivity contribution in [2.45, 2.75) is 39.4 Å². The summed E-state index contributed by atoms with van der Waals surface area (Å²) in [7, 11) is 0. The SMILES string of the molecule is CC(C)(C)NC(=O)Cn1c(=O)nc2n1C(=O)N(c1ccc(Cl)cc1)C2. The largest absolute Gasteiger partial charge is 0.365 e. The molecule has 3 rings (SSSR count). The lowest BCUT2D eigenvalue weighted by molar-refractivity contribution is -0.123. The summed E-state index contributed by atoms with van der Waals surface area (Å²) in [6.45, 7) is 5.39. The third-order valence-corrected chi connectivity index (χ3v) is 3.84. The van der Waals surface area contributed by atoms with Crippen molar-refractivity contribution in [1.82, 2.24) is 19.7 Å². The van der Waals surface area contributed by atoms with Gasteiger partial charge < -0.3 is 5.32 Å². The Morgan fingerprint density at radius 2 is 1.88 bits per heavy atom. The summed E-state index contributed by atoms with van der Waals surface area (Å²) in [4.78, 5) is 42.2. The molecule has 132 valence electrons. The Bertz CT molecular complexity index is 892. The van der Waals surface area contributed by atoms with Gasteiger partial charge in [0.2, 0.25) is 5.91 Å². The van der Waals surface area contributed by atoms with Crippen LogP contribution in [0.4, 0.5) is 10.5 Å². The zero-order valence-corrected chi connectivity index (χ0v) is 14.9. The van der Waals surface area contributed by atoms with Crippen LogP contribution in [-0.4, -0.2) is 31.8 Å². The molecule has 2 heterocycles. The van der Waals surface area contributed by atoms with Crippen molar-refractivity contribution < 1.29 is 9.59 Å². The third kappa shape index (κ3) is 3.43. The van der Waals surface area contributed by atoms with E-state index in [0.29, 0.717) is 16.5 Å². The van der Waals surface area contributed by atoms with Crippen molar-refractivity contribution in [1.29, 1.82) is 0 Å². The van der Waals surface area contributed by atoms with E-state index in [9.17, 15) is 14.4 Å². The molecule has 1 N–H and O–H groups in total. The van der Waals surface area contributed by atoms with Gasteiger partial charge in [0.15, 0.2) is 5.82 Å². The fraction of sp³-hybridized carbons (Fsp3) is 0.375. The van der Waals surface area contributed by atoms with Crippen LogP contribution >= 0.6 is 11.6 Å². The average molecular weight is 364 g/mol. The Labute approximate surface area is 149 Å². The molecule has 8 nitrogen and oxygen atoms in total. The second-order valence-corrected chi connectivity index (χ2v) is 7.26. The maximum absolute atomic E-state index is 12.7. The predicted molar refractivity (Wildman–Crippen MR) is 92.8 cm³/mol. The van der Waals surface area contributed by atoms with Crippen LogP contribution in [0.1, 0.15) is 26.6 Å². The fourth-order valence-electron chi connectivity index (χ4n) is 2.63. The highest BCUT2D eigenvalue weighted by Gasteiger charge is 2.34. The highest BCUT2D eigenvalue weighted by molar-refractivity contribution is 6.30. The van der Waals surface area contributed by atoms with E-state index in [0.717, 1.165) is 9.36 Å². The Morgan fingerprint density at radius 1 is 1.24 bits per heavy atom. The number of carbonyl (C=O) groups is 2. The minimum absolute atomic E-state index is 0.156. The lowest BCUT2D eigenvalue weighted by Crippen LogP contribution is -2.45.